The van der Waals surface area contributed by atoms with E-state index in [1.54, 1.807) is 0 Å². The average Bonchev–Trinajstić information content (AvgIpc) is 3.23. The van der Waals surface area contributed by atoms with Gasteiger partial charge in [0.25, 0.3) is 0 Å². The summed E-state index contributed by atoms with van der Waals surface area (Å²) in [5.41, 5.74) is 5.02. The van der Waals surface area contributed by atoms with E-state index in [1.165, 1.54) is 20.2 Å². The predicted octanol–water partition coefficient (Wildman–Crippen LogP) is 8.61. The van der Waals surface area contributed by atoms with Gasteiger partial charge >= 0.3 is 0 Å². The minimum absolute atomic E-state index is 0.734. The van der Waals surface area contributed by atoms with E-state index in [1.807, 2.05) is 41.7 Å². The van der Waals surface area contributed by atoms with Gasteiger partial charge in [0, 0.05) is 41.3 Å². The molecule has 0 atom stereocenters. The van der Waals surface area contributed by atoms with E-state index >= 15 is 0 Å². The predicted molar refractivity (Wildman–Crippen MR) is 139 cm³/mol. The summed E-state index contributed by atoms with van der Waals surface area (Å²) in [6.07, 6.45) is 0. The zero-order valence-electron chi connectivity index (χ0n) is 17.0. The van der Waals surface area contributed by atoms with Crippen molar-refractivity contribution >= 4 is 47.4 Å². The molecular formula is C28H17BrN2S. The number of aromatic nitrogens is 2. The van der Waals surface area contributed by atoms with Crippen LogP contribution in [0.1, 0.15) is 0 Å². The third kappa shape index (κ3) is 3.52. The summed E-state index contributed by atoms with van der Waals surface area (Å²) in [5.74, 6) is 0.734. The summed E-state index contributed by atoms with van der Waals surface area (Å²) in [6.45, 7) is 0. The third-order valence-electron chi connectivity index (χ3n) is 5.57. The van der Waals surface area contributed by atoms with Crippen LogP contribution in [-0.2, 0) is 0 Å². The van der Waals surface area contributed by atoms with Crippen molar-refractivity contribution in [3.63, 3.8) is 0 Å². The first-order chi connectivity index (χ1) is 15.7. The van der Waals surface area contributed by atoms with Crippen LogP contribution in [-0.4, -0.2) is 9.97 Å². The lowest BCUT2D eigenvalue weighted by molar-refractivity contribution is 1.18. The minimum Gasteiger partial charge on any atom is -0.228 e. The van der Waals surface area contributed by atoms with E-state index < -0.39 is 0 Å². The number of thiophene rings is 1. The first-order valence-corrected chi connectivity index (χ1v) is 12.0. The first kappa shape index (κ1) is 19.4. The molecule has 0 aliphatic heterocycles. The summed E-state index contributed by atoms with van der Waals surface area (Å²) in [6, 6.07) is 35.7. The fraction of sp³-hybridized carbons (Fsp3) is 0. The molecule has 2 aromatic heterocycles. The minimum atomic E-state index is 0.734. The number of fused-ring (bicyclic) bond motifs is 3. The molecule has 0 amide bonds. The molecule has 152 valence electrons. The van der Waals surface area contributed by atoms with Crippen molar-refractivity contribution in [2.45, 2.75) is 0 Å². The lowest BCUT2D eigenvalue weighted by Crippen LogP contribution is -1.95. The quantitative estimate of drug-likeness (QED) is 0.247. The molecule has 0 saturated carbocycles. The zero-order valence-corrected chi connectivity index (χ0v) is 19.4. The van der Waals surface area contributed by atoms with Crippen LogP contribution in [0.2, 0.25) is 0 Å². The lowest BCUT2D eigenvalue weighted by Gasteiger charge is -2.09. The summed E-state index contributed by atoms with van der Waals surface area (Å²) in [5, 5.41) is 2.60. The van der Waals surface area contributed by atoms with Crippen molar-refractivity contribution in [2.75, 3.05) is 0 Å². The number of benzene rings is 4. The second-order valence-corrected chi connectivity index (χ2v) is 9.64. The smallest absolute Gasteiger partial charge is 0.160 e. The topological polar surface area (TPSA) is 25.8 Å². The van der Waals surface area contributed by atoms with Gasteiger partial charge in [-0.05, 0) is 30.3 Å². The molecule has 4 aromatic carbocycles. The van der Waals surface area contributed by atoms with E-state index in [-0.39, 0.29) is 0 Å². The number of halogens is 1. The molecule has 6 aromatic rings. The Labute approximate surface area is 198 Å². The first-order valence-electron chi connectivity index (χ1n) is 10.4. The molecule has 0 unspecified atom stereocenters. The van der Waals surface area contributed by atoms with Crippen LogP contribution in [0, 0.1) is 0 Å². The second-order valence-electron chi connectivity index (χ2n) is 7.64. The molecule has 2 heterocycles. The van der Waals surface area contributed by atoms with Crippen LogP contribution in [0.15, 0.2) is 108 Å². The highest BCUT2D eigenvalue weighted by molar-refractivity contribution is 9.10. The van der Waals surface area contributed by atoms with Gasteiger partial charge in [0.05, 0.1) is 11.4 Å². The van der Waals surface area contributed by atoms with Gasteiger partial charge in [-0.15, -0.1) is 11.3 Å². The molecule has 0 fully saturated rings. The van der Waals surface area contributed by atoms with Gasteiger partial charge < -0.3 is 0 Å². The van der Waals surface area contributed by atoms with E-state index in [2.05, 4.69) is 88.7 Å². The highest BCUT2D eigenvalue weighted by Gasteiger charge is 2.12. The summed E-state index contributed by atoms with van der Waals surface area (Å²) >= 11 is 5.35. The highest BCUT2D eigenvalue weighted by Crippen LogP contribution is 2.36. The number of rotatable bonds is 3. The highest BCUT2D eigenvalue weighted by atomic mass is 79.9. The Morgan fingerprint density at radius 3 is 2.00 bits per heavy atom. The second kappa shape index (κ2) is 7.97. The van der Waals surface area contributed by atoms with E-state index in [9.17, 15) is 0 Å². The van der Waals surface area contributed by atoms with Crippen LogP contribution in [0.4, 0.5) is 0 Å². The van der Waals surface area contributed by atoms with Crippen molar-refractivity contribution in [1.29, 1.82) is 0 Å². The Morgan fingerprint density at radius 1 is 0.531 bits per heavy atom. The average molecular weight is 493 g/mol. The van der Waals surface area contributed by atoms with Crippen LogP contribution >= 0.6 is 27.3 Å². The standard InChI is InChI=1S/C28H17BrN2S/c29-21-13-10-18(11-14-21)24-17-25(31-28(30-24)19-6-2-1-3-7-19)20-12-15-23-22-8-4-5-9-26(22)32-27(23)16-20/h1-17H. The van der Waals surface area contributed by atoms with Crippen LogP contribution < -0.4 is 0 Å². The SMILES string of the molecule is Brc1ccc(-c2cc(-c3ccc4c(c3)sc3ccccc34)nc(-c3ccccc3)n2)cc1. The Bertz CT molecular complexity index is 1570. The lowest BCUT2D eigenvalue weighted by atomic mass is 10.0. The van der Waals surface area contributed by atoms with Crippen molar-refractivity contribution in [1.82, 2.24) is 9.97 Å². The molecule has 0 spiro atoms. The number of hydrogen-bond acceptors (Lipinski definition) is 3. The number of nitrogens with zero attached hydrogens (tertiary/aromatic N) is 2. The van der Waals surface area contributed by atoms with Crippen LogP contribution in [0.25, 0.3) is 54.1 Å². The monoisotopic (exact) mass is 492 g/mol. The summed E-state index contributed by atoms with van der Waals surface area (Å²) in [7, 11) is 0. The summed E-state index contributed by atoms with van der Waals surface area (Å²) < 4.78 is 3.63. The summed E-state index contributed by atoms with van der Waals surface area (Å²) in [4.78, 5) is 9.86. The Morgan fingerprint density at radius 2 is 1.19 bits per heavy atom. The van der Waals surface area contributed by atoms with Gasteiger partial charge in [0.2, 0.25) is 0 Å². The van der Waals surface area contributed by atoms with Crippen molar-refractivity contribution < 1.29 is 0 Å². The third-order valence-corrected chi connectivity index (χ3v) is 7.23. The Hall–Kier alpha value is -3.34. The molecule has 32 heavy (non-hydrogen) atoms. The molecule has 0 radical (unpaired) electrons. The molecule has 2 nitrogen and oxygen atoms in total. The van der Waals surface area contributed by atoms with Crippen LogP contribution in [0.3, 0.4) is 0 Å². The molecule has 0 saturated heterocycles. The zero-order chi connectivity index (χ0) is 21.5. The molecule has 0 aliphatic rings. The van der Waals surface area contributed by atoms with Gasteiger partial charge in [0.1, 0.15) is 0 Å². The molecule has 4 heteroatoms. The van der Waals surface area contributed by atoms with Gasteiger partial charge in [-0.25, -0.2) is 9.97 Å². The van der Waals surface area contributed by atoms with Crippen molar-refractivity contribution in [3.8, 4) is 33.9 Å². The Balaban J connectivity index is 1.55. The largest absolute Gasteiger partial charge is 0.228 e. The number of hydrogen-bond donors (Lipinski definition) is 0. The molecule has 0 aliphatic carbocycles. The maximum absolute atomic E-state index is 4.96. The fourth-order valence-corrected chi connectivity index (χ4v) is 5.37. The van der Waals surface area contributed by atoms with E-state index in [4.69, 9.17) is 9.97 Å². The van der Waals surface area contributed by atoms with Crippen molar-refractivity contribution in [2.24, 2.45) is 0 Å². The Kier molecular flexibility index (Phi) is 4.82. The van der Waals surface area contributed by atoms with Crippen molar-refractivity contribution in [3.05, 3.63) is 108 Å². The fourth-order valence-electron chi connectivity index (χ4n) is 3.97. The van der Waals surface area contributed by atoms with Gasteiger partial charge in [0.15, 0.2) is 5.82 Å². The molecule has 6 rings (SSSR count). The van der Waals surface area contributed by atoms with Gasteiger partial charge in [-0.2, -0.15) is 0 Å². The van der Waals surface area contributed by atoms with Gasteiger partial charge in [-0.3, -0.25) is 0 Å². The van der Waals surface area contributed by atoms with Crippen LogP contribution in [0.5, 0.6) is 0 Å². The normalized spacial score (nSPS) is 11.3. The molecular weight excluding hydrogens is 476 g/mol. The van der Waals surface area contributed by atoms with E-state index in [0.29, 0.717) is 0 Å². The molecule has 0 bridgehead atoms. The van der Waals surface area contributed by atoms with E-state index in [0.717, 1.165) is 38.4 Å². The maximum atomic E-state index is 4.96. The maximum Gasteiger partial charge on any atom is 0.160 e. The van der Waals surface area contributed by atoms with Gasteiger partial charge in [-0.1, -0.05) is 88.7 Å². The molecule has 0 N–H and O–H groups in total.